The molecule has 1 heteroatoms. The van der Waals surface area contributed by atoms with E-state index < -0.39 is 0 Å². The molecule has 0 saturated heterocycles. The molecule has 0 amide bonds. The van der Waals surface area contributed by atoms with Crippen molar-refractivity contribution in [1.29, 1.82) is 0 Å². The lowest BCUT2D eigenvalue weighted by Crippen LogP contribution is -2.40. The van der Waals surface area contributed by atoms with Crippen LogP contribution in [0, 0.1) is 0 Å². The van der Waals surface area contributed by atoms with Crippen LogP contribution in [0.3, 0.4) is 0 Å². The number of benzene rings is 4. The van der Waals surface area contributed by atoms with Crippen molar-refractivity contribution in [3.63, 3.8) is 0 Å². The van der Waals surface area contributed by atoms with E-state index >= 15 is 0 Å². The van der Waals surface area contributed by atoms with Gasteiger partial charge in [-0.15, -0.1) is 0 Å². The largest absolute Gasteiger partial charge is 0.305 e. The van der Waals surface area contributed by atoms with Crippen molar-refractivity contribution in [1.82, 2.24) is 4.90 Å². The van der Waals surface area contributed by atoms with Crippen LogP contribution in [0.4, 0.5) is 0 Å². The molecule has 1 nitrogen and oxygen atoms in total. The Morgan fingerprint density at radius 1 is 0.581 bits per heavy atom. The molecule has 0 N–H and O–H groups in total. The molecule has 0 aliphatic heterocycles. The summed E-state index contributed by atoms with van der Waals surface area (Å²) in [5, 5.41) is 0. The number of rotatable bonds is 2. The fraction of sp³-hybridized carbons (Fsp3) is 0.200. The van der Waals surface area contributed by atoms with Gasteiger partial charge in [0.05, 0.1) is 5.41 Å². The minimum atomic E-state index is -0.252. The first-order valence-electron chi connectivity index (χ1n) is 11.2. The zero-order valence-corrected chi connectivity index (χ0v) is 18.2. The Labute approximate surface area is 185 Å². The van der Waals surface area contributed by atoms with Crippen LogP contribution >= 0.6 is 0 Å². The number of hydrogen-bond donors (Lipinski definition) is 0. The molecular weight excluding hydrogens is 374 g/mol. The van der Waals surface area contributed by atoms with E-state index in [9.17, 15) is 0 Å². The highest BCUT2D eigenvalue weighted by Crippen LogP contribution is 2.54. The van der Waals surface area contributed by atoms with Gasteiger partial charge in [0.2, 0.25) is 0 Å². The van der Waals surface area contributed by atoms with Gasteiger partial charge in [-0.1, -0.05) is 91.0 Å². The molecule has 0 bridgehead atoms. The normalized spacial score (nSPS) is 15.2. The van der Waals surface area contributed by atoms with E-state index in [2.05, 4.69) is 110 Å². The van der Waals surface area contributed by atoms with Crippen LogP contribution in [0.25, 0.3) is 0 Å². The maximum Gasteiger partial charge on any atom is 0.0712 e. The smallest absolute Gasteiger partial charge is 0.0712 e. The molecule has 4 aromatic carbocycles. The van der Waals surface area contributed by atoms with E-state index in [4.69, 9.17) is 0 Å². The molecule has 2 aliphatic carbocycles. The summed E-state index contributed by atoms with van der Waals surface area (Å²) in [5.74, 6) is 0. The van der Waals surface area contributed by atoms with Gasteiger partial charge >= 0.3 is 0 Å². The third kappa shape index (κ3) is 2.66. The predicted octanol–water partition coefficient (Wildman–Crippen LogP) is 5.94. The summed E-state index contributed by atoms with van der Waals surface area (Å²) >= 11 is 0. The van der Waals surface area contributed by atoms with Gasteiger partial charge in [0.15, 0.2) is 0 Å². The van der Waals surface area contributed by atoms with E-state index in [1.54, 1.807) is 0 Å². The summed E-state index contributed by atoms with van der Waals surface area (Å²) in [5.41, 5.74) is 12.7. The average Bonchev–Trinajstić information content (AvgIpc) is 2.79. The Balaban J connectivity index is 1.77. The van der Waals surface area contributed by atoms with Crippen LogP contribution in [0.2, 0.25) is 0 Å². The Bertz CT molecular complexity index is 1190. The van der Waals surface area contributed by atoms with Gasteiger partial charge in [-0.2, -0.15) is 0 Å². The maximum absolute atomic E-state index is 2.49. The second-order valence-corrected chi connectivity index (χ2v) is 9.30. The second-order valence-electron chi connectivity index (χ2n) is 9.30. The standard InChI is InChI=1S/C30H27N/c1-31(2)20-21-15-16-25-19-24-11-5-8-14-28(24)30(29(25)17-21)26-12-6-3-9-22(26)18-23-10-4-7-13-27(23)30/h3-17H,18-20H2,1-2H3. The molecule has 0 aromatic heterocycles. The summed E-state index contributed by atoms with van der Waals surface area (Å²) in [7, 11) is 4.30. The molecule has 0 saturated carbocycles. The molecule has 1 spiro atoms. The molecule has 31 heavy (non-hydrogen) atoms. The van der Waals surface area contributed by atoms with Crippen LogP contribution in [-0.2, 0) is 24.8 Å². The minimum Gasteiger partial charge on any atom is -0.305 e. The first-order chi connectivity index (χ1) is 15.2. The van der Waals surface area contributed by atoms with Gasteiger partial charge in [0, 0.05) is 6.54 Å². The predicted molar refractivity (Wildman–Crippen MR) is 128 cm³/mol. The van der Waals surface area contributed by atoms with Gasteiger partial charge < -0.3 is 4.90 Å². The van der Waals surface area contributed by atoms with Crippen molar-refractivity contribution in [3.05, 3.63) is 141 Å². The fourth-order valence-electron chi connectivity index (χ4n) is 5.99. The van der Waals surface area contributed by atoms with Crippen molar-refractivity contribution in [2.75, 3.05) is 14.1 Å². The van der Waals surface area contributed by atoms with Crippen LogP contribution in [0.15, 0.2) is 91.0 Å². The van der Waals surface area contributed by atoms with E-state index in [0.29, 0.717) is 0 Å². The average molecular weight is 402 g/mol. The Morgan fingerprint density at radius 3 is 1.52 bits per heavy atom. The molecule has 0 radical (unpaired) electrons. The number of fused-ring (bicyclic) bond motifs is 8. The first-order valence-corrected chi connectivity index (χ1v) is 11.2. The molecule has 4 aromatic rings. The van der Waals surface area contributed by atoms with Crippen molar-refractivity contribution in [2.45, 2.75) is 24.8 Å². The van der Waals surface area contributed by atoms with Crippen LogP contribution in [0.5, 0.6) is 0 Å². The quantitative estimate of drug-likeness (QED) is 0.347. The molecule has 0 unspecified atom stereocenters. The van der Waals surface area contributed by atoms with Gasteiger partial charge in [0.25, 0.3) is 0 Å². The summed E-state index contributed by atoms with van der Waals surface area (Å²) in [6, 6.07) is 34.5. The van der Waals surface area contributed by atoms with E-state index in [-0.39, 0.29) is 5.41 Å². The number of hydrogen-bond acceptors (Lipinski definition) is 1. The van der Waals surface area contributed by atoms with Gasteiger partial charge in [-0.25, -0.2) is 0 Å². The molecule has 0 heterocycles. The van der Waals surface area contributed by atoms with E-state index in [0.717, 1.165) is 19.4 Å². The van der Waals surface area contributed by atoms with Crippen molar-refractivity contribution >= 4 is 0 Å². The molecule has 152 valence electrons. The zero-order valence-electron chi connectivity index (χ0n) is 18.2. The molecular formula is C30H27N. The maximum atomic E-state index is 2.49. The van der Waals surface area contributed by atoms with Crippen molar-refractivity contribution in [3.8, 4) is 0 Å². The highest BCUT2D eigenvalue weighted by atomic mass is 15.0. The molecule has 2 aliphatic rings. The summed E-state index contributed by atoms with van der Waals surface area (Å²) in [4.78, 5) is 2.26. The highest BCUT2D eigenvalue weighted by molar-refractivity contribution is 5.71. The number of nitrogens with zero attached hydrogens (tertiary/aromatic N) is 1. The fourth-order valence-corrected chi connectivity index (χ4v) is 5.99. The molecule has 0 fully saturated rings. The summed E-state index contributed by atoms with van der Waals surface area (Å²) < 4.78 is 0. The van der Waals surface area contributed by atoms with Crippen molar-refractivity contribution < 1.29 is 0 Å². The third-order valence-corrected chi connectivity index (χ3v) is 7.10. The van der Waals surface area contributed by atoms with Crippen LogP contribution in [-0.4, -0.2) is 19.0 Å². The summed E-state index contributed by atoms with van der Waals surface area (Å²) in [6.07, 6.45) is 2.00. The monoisotopic (exact) mass is 401 g/mol. The van der Waals surface area contributed by atoms with Gasteiger partial charge in [0.1, 0.15) is 0 Å². The Hall–Kier alpha value is -3.16. The SMILES string of the molecule is CN(C)Cc1ccc2c(c1)C1(c3ccccc3Cc3ccccc31)c1ccccc1C2. The Kier molecular flexibility index (Phi) is 4.16. The van der Waals surface area contributed by atoms with Gasteiger partial charge in [-0.3, -0.25) is 0 Å². The minimum absolute atomic E-state index is 0.252. The van der Waals surface area contributed by atoms with Crippen LogP contribution < -0.4 is 0 Å². The molecule has 6 rings (SSSR count). The lowest BCUT2D eigenvalue weighted by molar-refractivity contribution is 0.402. The third-order valence-electron chi connectivity index (χ3n) is 7.10. The topological polar surface area (TPSA) is 3.24 Å². The van der Waals surface area contributed by atoms with E-state index in [1.165, 1.54) is 50.1 Å². The Morgan fingerprint density at radius 2 is 1.03 bits per heavy atom. The highest BCUT2D eigenvalue weighted by Gasteiger charge is 2.47. The first kappa shape index (κ1) is 18.6. The lowest BCUT2D eigenvalue weighted by Gasteiger charge is -2.46. The van der Waals surface area contributed by atoms with Gasteiger partial charge in [-0.05, 0) is 77.0 Å². The molecule has 0 atom stereocenters. The van der Waals surface area contributed by atoms with Crippen LogP contribution in [0.1, 0.15) is 50.1 Å². The lowest BCUT2D eigenvalue weighted by atomic mass is 9.55. The van der Waals surface area contributed by atoms with Crippen molar-refractivity contribution in [2.24, 2.45) is 0 Å². The summed E-state index contributed by atoms with van der Waals surface area (Å²) in [6.45, 7) is 0.953. The van der Waals surface area contributed by atoms with E-state index in [1.807, 2.05) is 0 Å². The second kappa shape index (κ2) is 6.93. The zero-order chi connectivity index (χ0) is 21.0.